The van der Waals surface area contributed by atoms with Gasteiger partial charge in [0.05, 0.1) is 5.56 Å². The van der Waals surface area contributed by atoms with Crippen molar-refractivity contribution in [3.05, 3.63) is 53.8 Å². The van der Waals surface area contributed by atoms with Crippen LogP contribution in [-0.2, 0) is 6.42 Å². The maximum absolute atomic E-state index is 11.6. The van der Waals surface area contributed by atoms with Crippen molar-refractivity contribution in [1.82, 2.24) is 24.7 Å². The molecule has 0 aliphatic carbocycles. The van der Waals surface area contributed by atoms with E-state index in [-0.39, 0.29) is 11.5 Å². The third kappa shape index (κ3) is 3.54. The number of rotatable bonds is 6. The Morgan fingerprint density at radius 3 is 2.79 bits per heavy atom. The highest BCUT2D eigenvalue weighted by Crippen LogP contribution is 2.27. The van der Waals surface area contributed by atoms with Crippen LogP contribution in [0.3, 0.4) is 0 Å². The highest BCUT2D eigenvalue weighted by molar-refractivity contribution is 5.99. The lowest BCUT2D eigenvalue weighted by Crippen LogP contribution is -2.07. The van der Waals surface area contributed by atoms with Crippen LogP contribution in [0.25, 0.3) is 16.9 Å². The Bertz CT molecular complexity index is 1190. The molecule has 0 radical (unpaired) electrons. The highest BCUT2D eigenvalue weighted by atomic mass is 16.5. The molecule has 0 aliphatic heterocycles. The van der Waals surface area contributed by atoms with E-state index in [1.165, 1.54) is 10.6 Å². The van der Waals surface area contributed by atoms with E-state index in [1.807, 2.05) is 45.0 Å². The SMILES string of the molecule is CCc1nc(Nc2cccc(-c3noc(C(C)C)n3)c2)c2c(C(=O)O)ccn2n1. The van der Waals surface area contributed by atoms with Crippen molar-refractivity contribution in [3.63, 3.8) is 0 Å². The molecule has 0 atom stereocenters. The summed E-state index contributed by atoms with van der Waals surface area (Å²) >= 11 is 0. The minimum Gasteiger partial charge on any atom is -0.478 e. The van der Waals surface area contributed by atoms with Crippen molar-refractivity contribution >= 4 is 23.0 Å². The number of aromatic carboxylic acids is 1. The molecular weight excluding hydrogens is 372 g/mol. The largest absolute Gasteiger partial charge is 0.478 e. The molecule has 1 aromatic carbocycles. The zero-order valence-electron chi connectivity index (χ0n) is 16.2. The van der Waals surface area contributed by atoms with Crippen LogP contribution < -0.4 is 5.32 Å². The maximum atomic E-state index is 11.6. The molecule has 9 nitrogen and oxygen atoms in total. The predicted molar refractivity (Wildman–Crippen MR) is 106 cm³/mol. The smallest absolute Gasteiger partial charge is 0.338 e. The van der Waals surface area contributed by atoms with Gasteiger partial charge in [0, 0.05) is 29.8 Å². The fourth-order valence-corrected chi connectivity index (χ4v) is 2.94. The molecule has 0 saturated carbocycles. The molecule has 0 saturated heterocycles. The van der Waals surface area contributed by atoms with E-state index in [1.54, 1.807) is 6.20 Å². The van der Waals surface area contributed by atoms with Crippen LogP contribution in [-0.4, -0.2) is 35.8 Å². The van der Waals surface area contributed by atoms with Crippen molar-refractivity contribution in [1.29, 1.82) is 0 Å². The van der Waals surface area contributed by atoms with Gasteiger partial charge in [-0.1, -0.05) is 38.1 Å². The van der Waals surface area contributed by atoms with E-state index >= 15 is 0 Å². The summed E-state index contributed by atoms with van der Waals surface area (Å²) in [6.45, 7) is 5.91. The first-order valence-corrected chi connectivity index (χ1v) is 9.29. The fourth-order valence-electron chi connectivity index (χ4n) is 2.94. The maximum Gasteiger partial charge on any atom is 0.338 e. The van der Waals surface area contributed by atoms with Gasteiger partial charge in [-0.3, -0.25) is 0 Å². The third-order valence-electron chi connectivity index (χ3n) is 4.42. The summed E-state index contributed by atoms with van der Waals surface area (Å²) in [4.78, 5) is 20.5. The van der Waals surface area contributed by atoms with E-state index in [0.717, 1.165) is 11.3 Å². The van der Waals surface area contributed by atoms with E-state index < -0.39 is 5.97 Å². The molecule has 4 aromatic rings. The number of benzene rings is 1. The number of nitrogens with one attached hydrogen (secondary N) is 1. The molecule has 0 fully saturated rings. The standard InChI is InChI=1S/C20H20N6O3/c1-4-15-22-18(16-14(20(27)28)8-9-26(16)24-15)21-13-7-5-6-12(10-13)17-23-19(11(2)3)29-25-17/h5-11H,4H2,1-3H3,(H,27,28)(H,21,22,24). The Morgan fingerprint density at radius 1 is 1.28 bits per heavy atom. The van der Waals surface area contributed by atoms with E-state index in [2.05, 4.69) is 25.5 Å². The molecule has 0 bridgehead atoms. The fraction of sp³-hybridized carbons (Fsp3) is 0.250. The molecule has 148 valence electrons. The first-order valence-electron chi connectivity index (χ1n) is 9.29. The van der Waals surface area contributed by atoms with Gasteiger partial charge in [0.25, 0.3) is 0 Å². The summed E-state index contributed by atoms with van der Waals surface area (Å²) in [6.07, 6.45) is 2.24. The normalized spacial score (nSPS) is 11.3. The Balaban J connectivity index is 1.75. The van der Waals surface area contributed by atoms with Crippen molar-refractivity contribution < 1.29 is 14.4 Å². The summed E-state index contributed by atoms with van der Waals surface area (Å²) in [5.74, 6) is 1.19. The predicted octanol–water partition coefficient (Wildman–Crippen LogP) is 3.91. The van der Waals surface area contributed by atoms with Crippen LogP contribution in [0, 0.1) is 0 Å². The molecule has 0 spiro atoms. The lowest BCUT2D eigenvalue weighted by molar-refractivity contribution is 0.0699. The molecular formula is C20H20N6O3. The number of aromatic nitrogens is 5. The van der Waals surface area contributed by atoms with Crippen molar-refractivity contribution in [2.75, 3.05) is 5.32 Å². The molecule has 0 amide bonds. The minimum absolute atomic E-state index is 0.131. The molecule has 3 heterocycles. The van der Waals surface area contributed by atoms with Crippen molar-refractivity contribution in [2.24, 2.45) is 0 Å². The van der Waals surface area contributed by atoms with Gasteiger partial charge in [-0.25, -0.2) is 14.3 Å². The molecule has 3 aromatic heterocycles. The number of anilines is 2. The number of fused-ring (bicyclic) bond motifs is 1. The third-order valence-corrected chi connectivity index (χ3v) is 4.42. The highest BCUT2D eigenvalue weighted by Gasteiger charge is 2.18. The molecule has 0 aliphatic rings. The second-order valence-electron chi connectivity index (χ2n) is 6.87. The molecule has 2 N–H and O–H groups in total. The number of hydrogen-bond acceptors (Lipinski definition) is 7. The number of nitrogens with zero attached hydrogens (tertiary/aromatic N) is 5. The first kappa shape index (κ1) is 18.6. The Hall–Kier alpha value is -3.75. The summed E-state index contributed by atoms with van der Waals surface area (Å²) in [7, 11) is 0. The van der Waals surface area contributed by atoms with Gasteiger partial charge in [-0.05, 0) is 18.2 Å². The Morgan fingerprint density at radius 2 is 2.10 bits per heavy atom. The van der Waals surface area contributed by atoms with Crippen LogP contribution in [0.5, 0.6) is 0 Å². The van der Waals surface area contributed by atoms with Crippen LogP contribution in [0.1, 0.15) is 48.8 Å². The van der Waals surface area contributed by atoms with Gasteiger partial charge in [0.15, 0.2) is 11.6 Å². The van der Waals surface area contributed by atoms with Gasteiger partial charge in [0.1, 0.15) is 5.52 Å². The zero-order chi connectivity index (χ0) is 20.5. The van der Waals surface area contributed by atoms with Crippen molar-refractivity contribution in [2.45, 2.75) is 33.1 Å². The summed E-state index contributed by atoms with van der Waals surface area (Å²) in [6, 6.07) is 8.98. The monoisotopic (exact) mass is 392 g/mol. The van der Waals surface area contributed by atoms with Crippen LogP contribution in [0.4, 0.5) is 11.5 Å². The van der Waals surface area contributed by atoms with Gasteiger partial charge < -0.3 is 14.9 Å². The minimum atomic E-state index is -1.04. The quantitative estimate of drug-likeness (QED) is 0.507. The van der Waals surface area contributed by atoms with E-state index in [0.29, 0.717) is 35.3 Å². The van der Waals surface area contributed by atoms with Crippen LogP contribution in [0.2, 0.25) is 0 Å². The zero-order valence-corrected chi connectivity index (χ0v) is 16.2. The van der Waals surface area contributed by atoms with Gasteiger partial charge in [0.2, 0.25) is 11.7 Å². The summed E-state index contributed by atoms with van der Waals surface area (Å²) in [5.41, 5.74) is 2.03. The number of carbonyl (C=O) groups is 1. The van der Waals surface area contributed by atoms with Crippen molar-refractivity contribution in [3.8, 4) is 11.4 Å². The lowest BCUT2D eigenvalue weighted by Gasteiger charge is -2.10. The van der Waals surface area contributed by atoms with Gasteiger partial charge in [-0.2, -0.15) is 10.1 Å². The molecule has 0 unspecified atom stereocenters. The van der Waals surface area contributed by atoms with E-state index in [9.17, 15) is 9.90 Å². The number of aryl methyl sites for hydroxylation is 1. The average Bonchev–Trinajstić information content (AvgIpc) is 3.35. The second kappa shape index (κ2) is 7.34. The number of hydrogen-bond donors (Lipinski definition) is 2. The number of carboxylic acids is 1. The first-order chi connectivity index (χ1) is 14.0. The van der Waals surface area contributed by atoms with Gasteiger partial charge in [-0.15, -0.1) is 0 Å². The molecule has 4 rings (SSSR count). The van der Waals surface area contributed by atoms with Crippen LogP contribution in [0.15, 0.2) is 41.1 Å². The summed E-state index contributed by atoms with van der Waals surface area (Å²) in [5, 5.41) is 21.1. The second-order valence-corrected chi connectivity index (χ2v) is 6.87. The Kier molecular flexibility index (Phi) is 4.71. The Labute approximate surface area is 166 Å². The average molecular weight is 392 g/mol. The molecule has 9 heteroatoms. The topological polar surface area (TPSA) is 118 Å². The van der Waals surface area contributed by atoms with Gasteiger partial charge >= 0.3 is 5.97 Å². The summed E-state index contributed by atoms with van der Waals surface area (Å²) < 4.78 is 6.82. The van der Waals surface area contributed by atoms with Crippen LogP contribution >= 0.6 is 0 Å². The van der Waals surface area contributed by atoms with E-state index in [4.69, 9.17) is 4.52 Å². The number of carboxylic acid groups (broad SMARTS) is 1. The lowest BCUT2D eigenvalue weighted by atomic mass is 10.2. The molecule has 29 heavy (non-hydrogen) atoms.